The van der Waals surface area contributed by atoms with Crippen LogP contribution in [0.1, 0.15) is 20.8 Å². The van der Waals surface area contributed by atoms with Crippen molar-refractivity contribution < 1.29 is 14.5 Å². The zero-order chi connectivity index (χ0) is 14.6. The van der Waals surface area contributed by atoms with E-state index in [1.165, 1.54) is 19.2 Å². The fourth-order valence-electron chi connectivity index (χ4n) is 1.30. The fourth-order valence-corrected chi connectivity index (χ4v) is 1.62. The highest BCUT2D eigenvalue weighted by molar-refractivity contribution is 9.10. The van der Waals surface area contributed by atoms with Gasteiger partial charge in [0.15, 0.2) is 0 Å². The lowest BCUT2D eigenvalue weighted by atomic mass is 10.1. The van der Waals surface area contributed by atoms with Crippen molar-refractivity contribution in [1.82, 2.24) is 4.98 Å². The van der Waals surface area contributed by atoms with Crippen LogP contribution in [0.4, 0.5) is 11.5 Å². The number of aromatic nitrogens is 1. The maximum absolute atomic E-state index is 10.9. The molecule has 1 aromatic heterocycles. The maximum Gasteiger partial charge on any atom is 0.312 e. The molecule has 1 rings (SSSR count). The molecule has 0 atom stereocenters. The average molecular weight is 332 g/mol. The van der Waals surface area contributed by atoms with Crippen molar-refractivity contribution in [2.45, 2.75) is 26.3 Å². The summed E-state index contributed by atoms with van der Waals surface area (Å²) in [7, 11) is 0. The highest BCUT2D eigenvalue weighted by Gasteiger charge is 2.25. The quantitative estimate of drug-likeness (QED) is 0.506. The van der Waals surface area contributed by atoms with Crippen molar-refractivity contribution >= 4 is 33.4 Å². The van der Waals surface area contributed by atoms with Crippen LogP contribution in [0, 0.1) is 10.1 Å². The van der Waals surface area contributed by atoms with E-state index in [0.29, 0.717) is 4.47 Å². The van der Waals surface area contributed by atoms with Crippen LogP contribution in [0.15, 0.2) is 16.7 Å². The summed E-state index contributed by atoms with van der Waals surface area (Å²) >= 11 is 3.13. The molecule has 0 aromatic carbocycles. The van der Waals surface area contributed by atoms with Crippen LogP contribution in [0.5, 0.6) is 0 Å². The number of ether oxygens (including phenoxy) is 1. The van der Waals surface area contributed by atoms with Crippen molar-refractivity contribution in [3.05, 3.63) is 26.9 Å². The molecule has 1 heterocycles. The molecule has 19 heavy (non-hydrogen) atoms. The van der Waals surface area contributed by atoms with Crippen LogP contribution in [0.2, 0.25) is 0 Å². The van der Waals surface area contributed by atoms with Gasteiger partial charge in [-0.15, -0.1) is 0 Å². The lowest BCUT2D eigenvalue weighted by Crippen LogP contribution is -2.37. The number of hydrogen-bond acceptors (Lipinski definition) is 6. The van der Waals surface area contributed by atoms with Crippen molar-refractivity contribution in [1.29, 1.82) is 0 Å². The summed E-state index contributed by atoms with van der Waals surface area (Å²) < 4.78 is 5.41. The summed E-state index contributed by atoms with van der Waals surface area (Å²) in [6.07, 6.45) is 1.46. The Morgan fingerprint density at radius 3 is 2.79 bits per heavy atom. The first kappa shape index (κ1) is 15.4. The number of hydrogen-bond donors (Lipinski definition) is 1. The third kappa shape index (κ3) is 4.82. The van der Waals surface area contributed by atoms with Crippen LogP contribution in [-0.2, 0) is 9.53 Å². The van der Waals surface area contributed by atoms with E-state index in [4.69, 9.17) is 4.74 Å². The van der Waals surface area contributed by atoms with Gasteiger partial charge in [-0.3, -0.25) is 14.9 Å². The largest absolute Gasteiger partial charge is 0.463 e. The molecule has 0 radical (unpaired) electrons. The maximum atomic E-state index is 10.9. The second kappa shape index (κ2) is 5.96. The number of rotatable bonds is 5. The van der Waals surface area contributed by atoms with E-state index in [0.717, 1.165) is 0 Å². The first-order valence-electron chi connectivity index (χ1n) is 5.43. The van der Waals surface area contributed by atoms with Crippen molar-refractivity contribution in [3.63, 3.8) is 0 Å². The van der Waals surface area contributed by atoms with Crippen molar-refractivity contribution in [2.75, 3.05) is 11.9 Å². The summed E-state index contributed by atoms with van der Waals surface area (Å²) in [5.74, 6) is -0.279. The van der Waals surface area contributed by atoms with Gasteiger partial charge in [0.1, 0.15) is 6.61 Å². The number of carbonyl (C=O) groups is 1. The molecule has 0 aliphatic heterocycles. The Kier molecular flexibility index (Phi) is 4.82. The summed E-state index contributed by atoms with van der Waals surface area (Å²) in [4.78, 5) is 25.2. The van der Waals surface area contributed by atoms with Gasteiger partial charge in [-0.2, -0.15) is 0 Å². The average Bonchev–Trinajstić information content (AvgIpc) is 2.28. The highest BCUT2D eigenvalue weighted by atomic mass is 79.9. The second-order valence-corrected chi connectivity index (χ2v) is 5.48. The number of nitrogens with one attached hydrogen (secondary N) is 1. The minimum atomic E-state index is -0.669. The number of esters is 1. The van der Waals surface area contributed by atoms with Crippen molar-refractivity contribution in [3.8, 4) is 0 Å². The molecule has 0 aliphatic carbocycles. The lowest BCUT2D eigenvalue weighted by Gasteiger charge is -2.25. The van der Waals surface area contributed by atoms with Gasteiger partial charge >= 0.3 is 11.7 Å². The van der Waals surface area contributed by atoms with Gasteiger partial charge in [0.25, 0.3) is 0 Å². The Labute approximate surface area is 118 Å². The zero-order valence-electron chi connectivity index (χ0n) is 10.8. The van der Waals surface area contributed by atoms with Crippen LogP contribution >= 0.6 is 15.9 Å². The first-order chi connectivity index (χ1) is 8.71. The van der Waals surface area contributed by atoms with Crippen LogP contribution in [-0.4, -0.2) is 28.0 Å². The smallest absolute Gasteiger partial charge is 0.312 e. The molecule has 0 unspecified atom stereocenters. The Morgan fingerprint density at radius 2 is 2.26 bits per heavy atom. The van der Waals surface area contributed by atoms with E-state index in [2.05, 4.69) is 26.2 Å². The molecule has 7 nitrogen and oxygen atoms in total. The summed E-state index contributed by atoms with van der Waals surface area (Å²) in [5.41, 5.74) is -0.817. The Morgan fingerprint density at radius 1 is 1.63 bits per heavy atom. The van der Waals surface area contributed by atoms with E-state index in [9.17, 15) is 14.9 Å². The third-order valence-corrected chi connectivity index (χ3v) is 2.56. The minimum absolute atomic E-state index is 0.0806. The molecule has 0 bridgehead atoms. The summed E-state index contributed by atoms with van der Waals surface area (Å²) in [5, 5.41) is 13.8. The molecule has 1 aromatic rings. The second-order valence-electron chi connectivity index (χ2n) is 4.57. The van der Waals surface area contributed by atoms with E-state index in [-0.39, 0.29) is 18.1 Å². The molecule has 1 N–H and O–H groups in total. The van der Waals surface area contributed by atoms with E-state index < -0.39 is 16.4 Å². The van der Waals surface area contributed by atoms with Gasteiger partial charge in [-0.25, -0.2) is 4.98 Å². The molecule has 0 saturated carbocycles. The predicted octanol–water partition coefficient (Wildman–Crippen LogP) is 2.51. The molecular weight excluding hydrogens is 318 g/mol. The fraction of sp³-hybridized carbons (Fsp3) is 0.455. The highest BCUT2D eigenvalue weighted by Crippen LogP contribution is 2.27. The molecule has 104 valence electrons. The number of halogens is 1. The first-order valence-corrected chi connectivity index (χ1v) is 6.22. The lowest BCUT2D eigenvalue weighted by molar-refractivity contribution is -0.384. The zero-order valence-corrected chi connectivity index (χ0v) is 12.4. The molecular formula is C11H14BrN3O4. The summed E-state index contributed by atoms with van der Waals surface area (Å²) in [6, 6.07) is 1.36. The van der Waals surface area contributed by atoms with Gasteiger partial charge in [0.05, 0.1) is 10.5 Å². The van der Waals surface area contributed by atoms with E-state index >= 15 is 0 Å². The number of anilines is 1. The van der Waals surface area contributed by atoms with Crippen LogP contribution in [0.25, 0.3) is 0 Å². The minimum Gasteiger partial charge on any atom is -0.463 e. The van der Waals surface area contributed by atoms with Gasteiger partial charge < -0.3 is 10.1 Å². The Hall–Kier alpha value is -1.70. The predicted molar refractivity (Wildman–Crippen MR) is 72.9 cm³/mol. The van der Waals surface area contributed by atoms with Gasteiger partial charge in [-0.1, -0.05) is 0 Å². The van der Waals surface area contributed by atoms with Gasteiger partial charge in [0, 0.05) is 23.7 Å². The normalized spacial score (nSPS) is 10.9. The summed E-state index contributed by atoms with van der Waals surface area (Å²) in [6.45, 7) is 4.89. The Bertz CT molecular complexity index is 505. The topological polar surface area (TPSA) is 94.4 Å². The molecule has 0 fully saturated rings. The number of carbonyl (C=O) groups excluding carboxylic acids is 1. The van der Waals surface area contributed by atoms with Gasteiger partial charge in [0.2, 0.25) is 5.82 Å². The van der Waals surface area contributed by atoms with E-state index in [1.807, 2.05) is 0 Å². The Balaban J connectivity index is 2.92. The molecule has 0 amide bonds. The molecule has 0 saturated heterocycles. The number of pyridine rings is 1. The molecule has 0 aliphatic rings. The van der Waals surface area contributed by atoms with Crippen LogP contribution < -0.4 is 5.32 Å². The number of nitro groups is 1. The monoisotopic (exact) mass is 331 g/mol. The third-order valence-electron chi connectivity index (χ3n) is 2.12. The molecule has 0 spiro atoms. The standard InChI is InChI=1S/C11H14BrN3O4/c1-7(16)19-6-11(2,3)14-10-9(15(17)18)4-8(12)5-13-10/h4-5H,6H2,1-3H3,(H,13,14). The molecule has 8 heteroatoms. The SMILES string of the molecule is CC(=O)OCC(C)(C)Nc1ncc(Br)cc1[N+](=O)[O-]. The van der Waals surface area contributed by atoms with Crippen molar-refractivity contribution in [2.24, 2.45) is 0 Å². The van der Waals surface area contributed by atoms with E-state index in [1.54, 1.807) is 13.8 Å². The number of nitrogens with zero attached hydrogens (tertiary/aromatic N) is 2. The van der Waals surface area contributed by atoms with Crippen LogP contribution in [0.3, 0.4) is 0 Å². The van der Waals surface area contributed by atoms with Gasteiger partial charge in [-0.05, 0) is 29.8 Å².